The molecule has 2 saturated heterocycles. The number of nitrogens with zero attached hydrogens (tertiary/aromatic N) is 1. The Balaban J connectivity index is 1.75. The van der Waals surface area contributed by atoms with Crippen molar-refractivity contribution in [3.05, 3.63) is 12.4 Å². The number of piperidine rings is 1. The third-order valence-electron chi connectivity index (χ3n) is 7.38. The molecule has 14 heteroatoms. The van der Waals surface area contributed by atoms with Crippen molar-refractivity contribution in [1.82, 2.24) is 20.9 Å². The summed E-state index contributed by atoms with van der Waals surface area (Å²) < 4.78 is 54.0. The molecule has 10 nitrogen and oxygen atoms in total. The Kier molecular flexibility index (Phi) is 8.30. The van der Waals surface area contributed by atoms with Gasteiger partial charge in [-0.2, -0.15) is 0 Å². The van der Waals surface area contributed by atoms with Crippen LogP contribution < -0.4 is 16.0 Å². The molecule has 2 heterocycles. The van der Waals surface area contributed by atoms with Crippen LogP contribution in [0.25, 0.3) is 0 Å². The van der Waals surface area contributed by atoms with Crippen LogP contribution >= 0.6 is 0 Å². The minimum atomic E-state index is -5.07. The van der Waals surface area contributed by atoms with Crippen LogP contribution in [0.15, 0.2) is 12.4 Å². The number of carbonyl (C=O) groups excluding carboxylic acids is 5. The van der Waals surface area contributed by atoms with Gasteiger partial charge in [0.15, 0.2) is 5.78 Å². The maximum atomic E-state index is 13.4. The molecule has 5 atom stereocenters. The highest BCUT2D eigenvalue weighted by Gasteiger charge is 2.69. The first-order valence-electron chi connectivity index (χ1n) is 11.9. The Labute approximate surface area is 210 Å². The van der Waals surface area contributed by atoms with Crippen molar-refractivity contribution in [3.63, 3.8) is 0 Å². The summed E-state index contributed by atoms with van der Waals surface area (Å²) >= 11 is 0. The monoisotopic (exact) mass is 534 g/mol. The molecule has 1 aliphatic carbocycles. The number of amides is 4. The van der Waals surface area contributed by atoms with Gasteiger partial charge in [-0.15, -0.1) is 13.2 Å². The van der Waals surface area contributed by atoms with E-state index in [1.54, 1.807) is 0 Å². The molecule has 2 aliphatic heterocycles. The minimum Gasteiger partial charge on any atom is -0.356 e. The molecule has 4 amide bonds. The van der Waals surface area contributed by atoms with E-state index in [4.69, 9.17) is 0 Å². The van der Waals surface area contributed by atoms with Gasteiger partial charge >= 0.3 is 18.2 Å². The van der Waals surface area contributed by atoms with Crippen molar-refractivity contribution in [3.8, 4) is 0 Å². The number of likely N-dealkylation sites (tertiary alicyclic amines) is 1. The van der Waals surface area contributed by atoms with Crippen LogP contribution in [0.3, 0.4) is 0 Å². The highest BCUT2D eigenvalue weighted by molar-refractivity contribution is 6.35. The summed E-state index contributed by atoms with van der Waals surface area (Å²) in [6, 6.07) is -2.64. The Hall–Kier alpha value is -3.03. The van der Waals surface area contributed by atoms with E-state index in [1.165, 1.54) is 0 Å². The molecule has 0 aromatic carbocycles. The Morgan fingerprint density at radius 1 is 1.27 bits per heavy atom. The number of nitrogens with one attached hydrogen (secondary N) is 3. The number of rotatable bonds is 10. The molecule has 3 rings (SSSR count). The number of Topliss-reactive ketones (excluding diaryl/α,β-unsaturated/α-hetero) is 1. The van der Waals surface area contributed by atoms with Gasteiger partial charge in [0.1, 0.15) is 12.6 Å². The van der Waals surface area contributed by atoms with Gasteiger partial charge in [-0.3, -0.25) is 28.7 Å². The zero-order valence-electron chi connectivity index (χ0n) is 20.5. The molecular formula is C23H30F4N4O6. The summed E-state index contributed by atoms with van der Waals surface area (Å²) in [4.78, 5) is 64.2. The molecule has 0 unspecified atom stereocenters. The summed E-state index contributed by atoms with van der Waals surface area (Å²) in [5.41, 5.74) is -0.356. The summed E-state index contributed by atoms with van der Waals surface area (Å²) in [7, 11) is 0. The van der Waals surface area contributed by atoms with Gasteiger partial charge in [0, 0.05) is 32.0 Å². The average Bonchev–Trinajstić information content (AvgIpc) is 3.15. The molecule has 206 valence electrons. The molecule has 3 aliphatic rings. The van der Waals surface area contributed by atoms with E-state index in [1.807, 2.05) is 13.8 Å². The second-order valence-corrected chi connectivity index (χ2v) is 10.2. The largest absolute Gasteiger partial charge is 0.522 e. The van der Waals surface area contributed by atoms with Crippen LogP contribution in [0.5, 0.6) is 0 Å². The van der Waals surface area contributed by atoms with Crippen molar-refractivity contribution in [2.75, 3.05) is 26.2 Å². The van der Waals surface area contributed by atoms with Crippen LogP contribution in [0.1, 0.15) is 33.1 Å². The van der Waals surface area contributed by atoms with Crippen molar-refractivity contribution in [2.45, 2.75) is 51.6 Å². The Bertz CT molecular complexity index is 985. The molecule has 1 saturated carbocycles. The number of alkyl halides is 3. The SMILES string of the molecule is C=C(F)CCNC(=O)C(=O)N1C[C@H]2[C@@H]([C@H]1C(=O)N[C@@H](C[C@@H]1CCNC1=O)C(=O)COC(F)(F)F)C2(C)C. The summed E-state index contributed by atoms with van der Waals surface area (Å²) in [6.07, 6.45) is -5.18. The van der Waals surface area contributed by atoms with E-state index in [9.17, 15) is 41.5 Å². The predicted molar refractivity (Wildman–Crippen MR) is 119 cm³/mol. The quantitative estimate of drug-likeness (QED) is 0.277. The number of fused-ring (bicyclic) bond motifs is 1. The number of ketones is 1. The second kappa shape index (κ2) is 10.8. The second-order valence-electron chi connectivity index (χ2n) is 10.2. The third kappa shape index (κ3) is 6.65. The Morgan fingerprint density at radius 2 is 1.95 bits per heavy atom. The molecule has 0 aromatic rings. The van der Waals surface area contributed by atoms with Crippen molar-refractivity contribution >= 4 is 29.4 Å². The van der Waals surface area contributed by atoms with E-state index in [2.05, 4.69) is 27.3 Å². The highest BCUT2D eigenvalue weighted by atomic mass is 19.4. The zero-order valence-corrected chi connectivity index (χ0v) is 20.5. The lowest BCUT2D eigenvalue weighted by Crippen LogP contribution is -2.56. The first-order valence-corrected chi connectivity index (χ1v) is 11.9. The topological polar surface area (TPSA) is 134 Å². The molecule has 0 bridgehead atoms. The van der Waals surface area contributed by atoms with E-state index in [-0.39, 0.29) is 43.2 Å². The van der Waals surface area contributed by atoms with Crippen molar-refractivity contribution < 1.29 is 46.3 Å². The molecule has 37 heavy (non-hydrogen) atoms. The fourth-order valence-electron chi connectivity index (χ4n) is 5.25. The maximum absolute atomic E-state index is 13.4. The lowest BCUT2D eigenvalue weighted by atomic mass is 9.95. The van der Waals surface area contributed by atoms with E-state index in [0.717, 1.165) is 4.90 Å². The van der Waals surface area contributed by atoms with Gasteiger partial charge in [0.25, 0.3) is 0 Å². The molecule has 0 radical (unpaired) electrons. The van der Waals surface area contributed by atoms with Crippen LogP contribution in [-0.2, 0) is 28.7 Å². The van der Waals surface area contributed by atoms with Crippen LogP contribution in [0, 0.1) is 23.2 Å². The number of hydrogen-bond acceptors (Lipinski definition) is 6. The van der Waals surface area contributed by atoms with Gasteiger partial charge in [-0.25, -0.2) is 4.39 Å². The van der Waals surface area contributed by atoms with Crippen LogP contribution in [-0.4, -0.2) is 79.0 Å². The summed E-state index contributed by atoms with van der Waals surface area (Å²) in [5.74, 6) is -6.23. The van der Waals surface area contributed by atoms with Gasteiger partial charge in [-0.05, 0) is 30.1 Å². The summed E-state index contributed by atoms with van der Waals surface area (Å²) in [5, 5.41) is 7.24. The van der Waals surface area contributed by atoms with E-state index in [0.29, 0.717) is 13.0 Å². The van der Waals surface area contributed by atoms with Crippen LogP contribution in [0.4, 0.5) is 17.6 Å². The van der Waals surface area contributed by atoms with E-state index < -0.39 is 66.2 Å². The molecule has 3 fully saturated rings. The standard InChI is InChI=1S/C23H30F4N4O6/c1-11(24)4-6-29-20(35)21(36)31-9-13-16(22(13,2)3)17(31)19(34)30-14(8-12-5-7-28-18(12)33)15(32)10-37-23(25,26)27/h12-14,16-17H,1,4-10H2,2-3H3,(H,28,33)(H,29,35)(H,30,34)/t12-,13-,14-,16-,17-/m0/s1. The molecule has 0 aromatic heterocycles. The van der Waals surface area contributed by atoms with Gasteiger partial charge < -0.3 is 20.9 Å². The molecule has 0 spiro atoms. The number of carbonyl (C=O) groups is 5. The number of halogens is 4. The normalized spacial score (nSPS) is 26.6. The average molecular weight is 535 g/mol. The lowest BCUT2D eigenvalue weighted by molar-refractivity contribution is -0.321. The summed E-state index contributed by atoms with van der Waals surface area (Å²) in [6.45, 7) is 5.67. The molecule has 3 N–H and O–H groups in total. The smallest absolute Gasteiger partial charge is 0.356 e. The first-order chi connectivity index (χ1) is 17.1. The fourth-order valence-corrected chi connectivity index (χ4v) is 5.25. The maximum Gasteiger partial charge on any atom is 0.522 e. The minimum absolute atomic E-state index is 0.0820. The first kappa shape index (κ1) is 28.5. The van der Waals surface area contributed by atoms with Crippen molar-refractivity contribution in [1.29, 1.82) is 0 Å². The van der Waals surface area contributed by atoms with Gasteiger partial charge in [0.2, 0.25) is 11.8 Å². The third-order valence-corrected chi connectivity index (χ3v) is 7.38. The Morgan fingerprint density at radius 3 is 2.51 bits per heavy atom. The highest BCUT2D eigenvalue weighted by Crippen LogP contribution is 2.64. The number of hydrogen-bond donors (Lipinski definition) is 3. The fraction of sp³-hybridized carbons (Fsp3) is 0.696. The molecular weight excluding hydrogens is 504 g/mol. The van der Waals surface area contributed by atoms with E-state index >= 15 is 0 Å². The lowest BCUT2D eigenvalue weighted by Gasteiger charge is -2.31. The van der Waals surface area contributed by atoms with Gasteiger partial charge in [-0.1, -0.05) is 20.4 Å². The zero-order chi connectivity index (χ0) is 27.7. The predicted octanol–water partition coefficient (Wildman–Crippen LogP) is 0.575. The van der Waals surface area contributed by atoms with Crippen LogP contribution in [0.2, 0.25) is 0 Å². The van der Waals surface area contributed by atoms with Crippen molar-refractivity contribution in [2.24, 2.45) is 23.2 Å². The van der Waals surface area contributed by atoms with Gasteiger partial charge in [0.05, 0.1) is 11.9 Å². The number of ether oxygens (including phenoxy) is 1.